The fourth-order valence-corrected chi connectivity index (χ4v) is 1.94. The standard InChI is InChI=1S/C11H5N3O7/c15-5-7-2-1-6-3-9(12(16)17)10(13(18)19)4-8(6)11(7)14(20)21/h1-5H. The highest BCUT2D eigenvalue weighted by molar-refractivity contribution is 6.01. The van der Waals surface area contributed by atoms with Crippen LogP contribution in [0.5, 0.6) is 0 Å². The maximum absolute atomic E-state index is 11.0. The van der Waals surface area contributed by atoms with Gasteiger partial charge in [0.1, 0.15) is 0 Å². The van der Waals surface area contributed by atoms with Crippen LogP contribution in [0.15, 0.2) is 24.3 Å². The van der Waals surface area contributed by atoms with Crippen molar-refractivity contribution in [3.05, 3.63) is 60.2 Å². The number of nitro benzene ring substituents is 3. The Morgan fingerprint density at radius 3 is 1.90 bits per heavy atom. The first kappa shape index (κ1) is 14.0. The summed E-state index contributed by atoms with van der Waals surface area (Å²) >= 11 is 0. The Balaban J connectivity index is 2.97. The van der Waals surface area contributed by atoms with Crippen molar-refractivity contribution in [3.8, 4) is 0 Å². The Morgan fingerprint density at radius 2 is 1.43 bits per heavy atom. The van der Waals surface area contributed by atoms with Gasteiger partial charge in [0.05, 0.1) is 25.7 Å². The van der Waals surface area contributed by atoms with Gasteiger partial charge in [-0.3, -0.25) is 35.1 Å². The zero-order valence-corrected chi connectivity index (χ0v) is 10.1. The van der Waals surface area contributed by atoms with E-state index in [0.29, 0.717) is 0 Å². The van der Waals surface area contributed by atoms with E-state index in [2.05, 4.69) is 0 Å². The smallest absolute Gasteiger partial charge is 0.298 e. The van der Waals surface area contributed by atoms with Gasteiger partial charge < -0.3 is 0 Å². The van der Waals surface area contributed by atoms with E-state index in [-0.39, 0.29) is 22.6 Å². The van der Waals surface area contributed by atoms with Gasteiger partial charge >= 0.3 is 11.4 Å². The maximum Gasteiger partial charge on any atom is 0.346 e. The summed E-state index contributed by atoms with van der Waals surface area (Å²) in [4.78, 5) is 40.7. The highest BCUT2D eigenvalue weighted by Gasteiger charge is 2.28. The maximum atomic E-state index is 11.0. The van der Waals surface area contributed by atoms with Crippen molar-refractivity contribution in [2.75, 3.05) is 0 Å². The molecule has 0 aromatic heterocycles. The summed E-state index contributed by atoms with van der Waals surface area (Å²) in [6.45, 7) is 0. The highest BCUT2D eigenvalue weighted by Crippen LogP contribution is 2.37. The molecule has 21 heavy (non-hydrogen) atoms. The molecule has 0 heterocycles. The summed E-state index contributed by atoms with van der Waals surface area (Å²) in [5, 5.41) is 32.6. The first-order chi connectivity index (χ1) is 9.86. The minimum atomic E-state index is -1.01. The molecular formula is C11H5N3O7. The lowest BCUT2D eigenvalue weighted by molar-refractivity contribution is -0.422. The summed E-state index contributed by atoms with van der Waals surface area (Å²) in [6.07, 6.45) is 0.241. The van der Waals surface area contributed by atoms with Crippen molar-refractivity contribution >= 4 is 34.1 Å². The molecule has 0 atom stereocenters. The van der Waals surface area contributed by atoms with E-state index in [0.717, 1.165) is 18.2 Å². The molecule has 0 fully saturated rings. The van der Waals surface area contributed by atoms with Crippen LogP contribution in [0.4, 0.5) is 17.1 Å². The van der Waals surface area contributed by atoms with Gasteiger partial charge in [-0.15, -0.1) is 0 Å². The van der Waals surface area contributed by atoms with Crippen LogP contribution < -0.4 is 0 Å². The number of hydrogen-bond acceptors (Lipinski definition) is 7. The molecule has 0 spiro atoms. The summed E-state index contributed by atoms with van der Waals surface area (Å²) in [5.41, 5.74) is -2.55. The van der Waals surface area contributed by atoms with Gasteiger partial charge in [0.15, 0.2) is 6.29 Å². The predicted octanol–water partition coefficient (Wildman–Crippen LogP) is 2.38. The van der Waals surface area contributed by atoms with Crippen LogP contribution in [0.25, 0.3) is 10.8 Å². The molecule has 0 saturated carbocycles. The van der Waals surface area contributed by atoms with Crippen molar-refractivity contribution in [1.29, 1.82) is 0 Å². The molecule has 0 aliphatic carbocycles. The van der Waals surface area contributed by atoms with E-state index >= 15 is 0 Å². The summed E-state index contributed by atoms with van der Waals surface area (Å²) in [7, 11) is 0. The van der Waals surface area contributed by atoms with Gasteiger partial charge in [-0.05, 0) is 11.5 Å². The zero-order valence-electron chi connectivity index (χ0n) is 10.1. The predicted molar refractivity (Wildman–Crippen MR) is 69.3 cm³/mol. The molecule has 0 aliphatic heterocycles. The van der Waals surface area contributed by atoms with Crippen LogP contribution in [0.1, 0.15) is 10.4 Å². The van der Waals surface area contributed by atoms with Gasteiger partial charge in [0.2, 0.25) is 0 Å². The lowest BCUT2D eigenvalue weighted by Crippen LogP contribution is -1.99. The molecule has 0 N–H and O–H groups in total. The van der Waals surface area contributed by atoms with Crippen molar-refractivity contribution in [1.82, 2.24) is 0 Å². The topological polar surface area (TPSA) is 146 Å². The Labute approximate surface area is 115 Å². The van der Waals surface area contributed by atoms with Gasteiger partial charge in [-0.25, -0.2) is 0 Å². The quantitative estimate of drug-likeness (QED) is 0.477. The molecule has 0 bridgehead atoms. The second-order valence-corrected chi connectivity index (χ2v) is 3.95. The largest absolute Gasteiger partial charge is 0.346 e. The average Bonchev–Trinajstić information content (AvgIpc) is 2.43. The van der Waals surface area contributed by atoms with E-state index < -0.39 is 31.8 Å². The van der Waals surface area contributed by atoms with E-state index in [1.165, 1.54) is 6.07 Å². The molecule has 2 aromatic carbocycles. The van der Waals surface area contributed by atoms with E-state index in [9.17, 15) is 35.1 Å². The number of fused-ring (bicyclic) bond motifs is 1. The molecule has 0 unspecified atom stereocenters. The summed E-state index contributed by atoms with van der Waals surface area (Å²) in [5.74, 6) is 0. The summed E-state index contributed by atoms with van der Waals surface area (Å²) < 4.78 is 0. The third-order valence-corrected chi connectivity index (χ3v) is 2.82. The third-order valence-electron chi connectivity index (χ3n) is 2.82. The van der Waals surface area contributed by atoms with Gasteiger partial charge in [-0.1, -0.05) is 6.07 Å². The second kappa shape index (κ2) is 4.92. The Morgan fingerprint density at radius 1 is 0.857 bits per heavy atom. The van der Waals surface area contributed by atoms with E-state index in [1.807, 2.05) is 0 Å². The SMILES string of the molecule is O=Cc1ccc2cc([N+](=O)[O-])c([N+](=O)[O-])cc2c1[N+](=O)[O-]. The average molecular weight is 291 g/mol. The van der Waals surface area contributed by atoms with Crippen molar-refractivity contribution in [2.24, 2.45) is 0 Å². The van der Waals surface area contributed by atoms with Crippen LogP contribution in [0.3, 0.4) is 0 Å². The molecule has 0 radical (unpaired) electrons. The summed E-state index contributed by atoms with van der Waals surface area (Å²) in [6, 6.07) is 3.99. The number of hydrogen-bond donors (Lipinski definition) is 0. The number of nitrogens with zero attached hydrogens (tertiary/aromatic N) is 3. The van der Waals surface area contributed by atoms with E-state index in [1.54, 1.807) is 0 Å². The fourth-order valence-electron chi connectivity index (χ4n) is 1.94. The third kappa shape index (κ3) is 2.25. The number of carbonyl (C=O) groups is 1. The minimum Gasteiger partial charge on any atom is -0.298 e. The number of nitro groups is 3. The number of aldehydes is 1. The molecule has 10 nitrogen and oxygen atoms in total. The van der Waals surface area contributed by atoms with Crippen LogP contribution >= 0.6 is 0 Å². The minimum absolute atomic E-state index is 0.0598. The van der Waals surface area contributed by atoms with Crippen molar-refractivity contribution in [3.63, 3.8) is 0 Å². The van der Waals surface area contributed by atoms with Crippen LogP contribution in [0.2, 0.25) is 0 Å². The molecular weight excluding hydrogens is 286 g/mol. The molecule has 0 aliphatic rings. The first-order valence-electron chi connectivity index (χ1n) is 5.36. The second-order valence-electron chi connectivity index (χ2n) is 3.95. The number of carbonyl (C=O) groups excluding carboxylic acids is 1. The van der Waals surface area contributed by atoms with Gasteiger partial charge in [0, 0.05) is 12.1 Å². The van der Waals surface area contributed by atoms with Crippen LogP contribution in [-0.4, -0.2) is 21.1 Å². The van der Waals surface area contributed by atoms with E-state index in [4.69, 9.17) is 0 Å². The van der Waals surface area contributed by atoms with Crippen LogP contribution in [0, 0.1) is 30.3 Å². The van der Waals surface area contributed by atoms with Crippen molar-refractivity contribution in [2.45, 2.75) is 0 Å². The van der Waals surface area contributed by atoms with Gasteiger partial charge in [0.25, 0.3) is 5.69 Å². The number of rotatable bonds is 4. The molecule has 0 amide bonds. The molecule has 10 heteroatoms. The normalized spacial score (nSPS) is 10.3. The molecule has 106 valence electrons. The number of benzene rings is 2. The molecule has 0 saturated heterocycles. The Hall–Kier alpha value is -3.43. The zero-order chi connectivity index (χ0) is 15.7. The molecule has 2 rings (SSSR count). The highest BCUT2D eigenvalue weighted by atomic mass is 16.6. The molecule has 2 aromatic rings. The lowest BCUT2D eigenvalue weighted by Gasteiger charge is -2.03. The Kier molecular flexibility index (Phi) is 3.28. The van der Waals surface area contributed by atoms with Gasteiger partial charge in [-0.2, -0.15) is 0 Å². The monoisotopic (exact) mass is 291 g/mol. The Bertz CT molecular complexity index is 815. The van der Waals surface area contributed by atoms with Crippen molar-refractivity contribution < 1.29 is 19.6 Å². The lowest BCUT2D eigenvalue weighted by atomic mass is 10.0. The first-order valence-corrected chi connectivity index (χ1v) is 5.36. The fraction of sp³-hybridized carbons (Fsp3) is 0. The van der Waals surface area contributed by atoms with Crippen LogP contribution in [-0.2, 0) is 0 Å².